The SMILES string of the molecule is Cc1ncnc(N2CC3CN(Cc4cnoc4)CC3C2)c1C. The Kier molecular flexibility index (Phi) is 3.33. The minimum absolute atomic E-state index is 0.731. The van der Waals surface area contributed by atoms with Crippen LogP contribution in [-0.4, -0.2) is 46.2 Å². The second-order valence-electron chi connectivity index (χ2n) is 6.56. The lowest BCUT2D eigenvalue weighted by molar-refractivity contribution is 0.307. The van der Waals surface area contributed by atoms with Gasteiger partial charge in [0.2, 0.25) is 0 Å². The summed E-state index contributed by atoms with van der Waals surface area (Å²) in [5, 5.41) is 3.78. The van der Waals surface area contributed by atoms with Crippen molar-refractivity contribution >= 4 is 5.82 Å². The molecule has 0 spiro atoms. The van der Waals surface area contributed by atoms with Gasteiger partial charge in [-0.15, -0.1) is 0 Å². The first-order valence-corrected chi connectivity index (χ1v) is 7.84. The van der Waals surface area contributed by atoms with E-state index in [2.05, 4.69) is 38.8 Å². The molecule has 0 N–H and O–H groups in total. The molecule has 2 aliphatic rings. The molecule has 2 unspecified atom stereocenters. The van der Waals surface area contributed by atoms with E-state index < -0.39 is 0 Å². The van der Waals surface area contributed by atoms with Gasteiger partial charge in [0, 0.05) is 49.5 Å². The van der Waals surface area contributed by atoms with E-state index in [1.807, 2.05) is 6.20 Å². The Morgan fingerprint density at radius 2 is 1.91 bits per heavy atom. The summed E-state index contributed by atoms with van der Waals surface area (Å²) in [5.74, 6) is 2.58. The number of fused-ring (bicyclic) bond motifs is 1. The lowest BCUT2D eigenvalue weighted by Gasteiger charge is -2.23. The highest BCUT2D eigenvalue weighted by Crippen LogP contribution is 2.35. The third-order valence-corrected chi connectivity index (χ3v) is 5.06. The Morgan fingerprint density at radius 3 is 2.59 bits per heavy atom. The van der Waals surface area contributed by atoms with Crippen molar-refractivity contribution in [2.24, 2.45) is 11.8 Å². The molecule has 0 radical (unpaired) electrons. The van der Waals surface area contributed by atoms with Crippen molar-refractivity contribution in [2.45, 2.75) is 20.4 Å². The zero-order valence-electron chi connectivity index (χ0n) is 13.1. The predicted octanol–water partition coefficient (Wildman–Crippen LogP) is 1.65. The fourth-order valence-corrected chi connectivity index (χ4v) is 3.80. The van der Waals surface area contributed by atoms with Crippen LogP contribution in [0, 0.1) is 25.7 Å². The first-order chi connectivity index (χ1) is 10.7. The maximum atomic E-state index is 4.92. The normalized spacial score (nSPS) is 24.9. The topological polar surface area (TPSA) is 58.3 Å². The van der Waals surface area contributed by atoms with Crippen LogP contribution < -0.4 is 4.90 Å². The first kappa shape index (κ1) is 13.7. The number of aryl methyl sites for hydroxylation is 1. The fourth-order valence-electron chi connectivity index (χ4n) is 3.80. The van der Waals surface area contributed by atoms with E-state index in [-0.39, 0.29) is 0 Å². The summed E-state index contributed by atoms with van der Waals surface area (Å²) in [7, 11) is 0. The fraction of sp³-hybridized carbons (Fsp3) is 0.562. The zero-order valence-corrected chi connectivity index (χ0v) is 13.1. The minimum Gasteiger partial charge on any atom is -0.364 e. The quantitative estimate of drug-likeness (QED) is 0.859. The number of rotatable bonds is 3. The van der Waals surface area contributed by atoms with Crippen LogP contribution in [0.5, 0.6) is 0 Å². The lowest BCUT2D eigenvalue weighted by Crippen LogP contribution is -2.29. The van der Waals surface area contributed by atoms with Gasteiger partial charge < -0.3 is 9.42 Å². The van der Waals surface area contributed by atoms with E-state index in [1.165, 1.54) is 11.1 Å². The van der Waals surface area contributed by atoms with Crippen LogP contribution in [0.1, 0.15) is 16.8 Å². The molecule has 116 valence electrons. The molecule has 0 bridgehead atoms. The number of likely N-dealkylation sites (tertiary alicyclic amines) is 1. The number of hydrogen-bond acceptors (Lipinski definition) is 6. The molecule has 2 fully saturated rings. The van der Waals surface area contributed by atoms with Gasteiger partial charge in [-0.05, 0) is 25.7 Å². The number of anilines is 1. The van der Waals surface area contributed by atoms with E-state index in [4.69, 9.17) is 4.52 Å². The molecule has 2 saturated heterocycles. The summed E-state index contributed by atoms with van der Waals surface area (Å²) >= 11 is 0. The third kappa shape index (κ3) is 2.37. The van der Waals surface area contributed by atoms with E-state index >= 15 is 0 Å². The Labute approximate surface area is 130 Å². The smallest absolute Gasteiger partial charge is 0.135 e. The van der Waals surface area contributed by atoms with Crippen LogP contribution in [0.2, 0.25) is 0 Å². The lowest BCUT2D eigenvalue weighted by atomic mass is 10.0. The van der Waals surface area contributed by atoms with Gasteiger partial charge in [0.05, 0.1) is 6.20 Å². The number of hydrogen-bond donors (Lipinski definition) is 0. The summed E-state index contributed by atoms with van der Waals surface area (Å²) < 4.78 is 4.92. The maximum Gasteiger partial charge on any atom is 0.135 e. The molecule has 2 aromatic rings. The Hall–Kier alpha value is -1.95. The van der Waals surface area contributed by atoms with Crippen LogP contribution >= 0.6 is 0 Å². The van der Waals surface area contributed by atoms with Crippen molar-refractivity contribution in [3.63, 3.8) is 0 Å². The molecule has 2 aromatic heterocycles. The van der Waals surface area contributed by atoms with Gasteiger partial charge in [-0.3, -0.25) is 4.90 Å². The summed E-state index contributed by atoms with van der Waals surface area (Å²) in [6, 6.07) is 0. The maximum absolute atomic E-state index is 4.92. The number of aromatic nitrogens is 3. The van der Waals surface area contributed by atoms with Gasteiger partial charge in [-0.25, -0.2) is 9.97 Å². The molecule has 0 saturated carbocycles. The Morgan fingerprint density at radius 1 is 1.14 bits per heavy atom. The van der Waals surface area contributed by atoms with Crippen molar-refractivity contribution in [1.82, 2.24) is 20.0 Å². The minimum atomic E-state index is 0.731. The summed E-state index contributed by atoms with van der Waals surface area (Å²) in [6.07, 6.45) is 5.24. The monoisotopic (exact) mass is 299 g/mol. The van der Waals surface area contributed by atoms with E-state index in [1.54, 1.807) is 12.6 Å². The second kappa shape index (κ2) is 5.35. The van der Waals surface area contributed by atoms with E-state index in [0.29, 0.717) is 0 Å². The molecule has 2 atom stereocenters. The average Bonchev–Trinajstić information content (AvgIpc) is 3.18. The standard InChI is InChI=1S/C16H21N5O/c1-11-12(2)17-10-18-16(11)21-7-14-5-20(6-15(14)8-21)4-13-3-19-22-9-13/h3,9-10,14-15H,4-8H2,1-2H3. The average molecular weight is 299 g/mol. The van der Waals surface area contributed by atoms with Crippen LogP contribution in [0.3, 0.4) is 0 Å². The van der Waals surface area contributed by atoms with Gasteiger partial charge in [-0.2, -0.15) is 0 Å². The predicted molar refractivity (Wildman–Crippen MR) is 82.5 cm³/mol. The van der Waals surface area contributed by atoms with Gasteiger partial charge >= 0.3 is 0 Å². The molecular weight excluding hydrogens is 278 g/mol. The Bertz CT molecular complexity index is 643. The molecule has 2 aliphatic heterocycles. The van der Waals surface area contributed by atoms with Crippen LogP contribution in [-0.2, 0) is 6.54 Å². The summed E-state index contributed by atoms with van der Waals surface area (Å²) in [4.78, 5) is 13.7. The molecule has 22 heavy (non-hydrogen) atoms. The van der Waals surface area contributed by atoms with Gasteiger partial charge in [-0.1, -0.05) is 5.16 Å². The van der Waals surface area contributed by atoms with E-state index in [0.717, 1.165) is 56.1 Å². The van der Waals surface area contributed by atoms with Crippen LogP contribution in [0.25, 0.3) is 0 Å². The Balaban J connectivity index is 1.42. The highest BCUT2D eigenvalue weighted by molar-refractivity contribution is 5.48. The highest BCUT2D eigenvalue weighted by atomic mass is 16.5. The molecule has 0 aliphatic carbocycles. The number of nitrogens with zero attached hydrogens (tertiary/aromatic N) is 5. The van der Waals surface area contributed by atoms with Gasteiger partial charge in [0.25, 0.3) is 0 Å². The molecule has 4 rings (SSSR count). The van der Waals surface area contributed by atoms with Crippen molar-refractivity contribution in [1.29, 1.82) is 0 Å². The molecule has 4 heterocycles. The molecular formula is C16H21N5O. The summed E-state index contributed by atoms with van der Waals surface area (Å²) in [5.41, 5.74) is 3.46. The third-order valence-electron chi connectivity index (χ3n) is 5.06. The highest BCUT2D eigenvalue weighted by Gasteiger charge is 2.40. The van der Waals surface area contributed by atoms with Crippen LogP contribution in [0.4, 0.5) is 5.82 Å². The molecule has 0 aromatic carbocycles. The molecule has 6 heteroatoms. The van der Waals surface area contributed by atoms with Gasteiger partial charge in [0.1, 0.15) is 18.4 Å². The van der Waals surface area contributed by atoms with Crippen molar-refractivity contribution < 1.29 is 4.52 Å². The van der Waals surface area contributed by atoms with Crippen molar-refractivity contribution in [3.05, 3.63) is 35.6 Å². The van der Waals surface area contributed by atoms with E-state index in [9.17, 15) is 0 Å². The van der Waals surface area contributed by atoms with Crippen LogP contribution in [0.15, 0.2) is 23.3 Å². The largest absolute Gasteiger partial charge is 0.364 e. The summed E-state index contributed by atoms with van der Waals surface area (Å²) in [6.45, 7) is 9.62. The zero-order chi connectivity index (χ0) is 15.1. The molecule has 6 nitrogen and oxygen atoms in total. The van der Waals surface area contributed by atoms with Crippen molar-refractivity contribution in [2.75, 3.05) is 31.1 Å². The first-order valence-electron chi connectivity index (χ1n) is 7.84. The second-order valence-corrected chi connectivity index (χ2v) is 6.56. The molecule has 0 amide bonds. The van der Waals surface area contributed by atoms with Crippen molar-refractivity contribution in [3.8, 4) is 0 Å². The van der Waals surface area contributed by atoms with Gasteiger partial charge in [0.15, 0.2) is 0 Å².